The van der Waals surface area contributed by atoms with Gasteiger partial charge in [-0.1, -0.05) is 23.5 Å². The monoisotopic (exact) mass is 465 g/mol. The maximum Gasteiger partial charge on any atom is 0.239 e. The van der Waals surface area contributed by atoms with Crippen molar-refractivity contribution in [2.45, 2.75) is 18.4 Å². The maximum absolute atomic E-state index is 13.4. The van der Waals surface area contributed by atoms with E-state index in [4.69, 9.17) is 14.5 Å². The standard InChI is InChI=1S/C24H23N3O3S2/c1-16-6-11-20(30-3)22-23(16)32-24(26-22)27(14-17-5-4-12-25-13-17)21(28)15-31-19-9-7-18(29-2)8-10-19/h4-13H,14-15H2,1-3H3. The highest BCUT2D eigenvalue weighted by Gasteiger charge is 2.22. The van der Waals surface area contributed by atoms with Crippen molar-refractivity contribution in [2.75, 3.05) is 24.9 Å². The molecule has 0 saturated carbocycles. The van der Waals surface area contributed by atoms with Crippen LogP contribution in [0, 0.1) is 6.92 Å². The van der Waals surface area contributed by atoms with Gasteiger partial charge in [0.1, 0.15) is 17.0 Å². The zero-order chi connectivity index (χ0) is 22.5. The molecule has 1 amide bonds. The largest absolute Gasteiger partial charge is 0.497 e. The van der Waals surface area contributed by atoms with Gasteiger partial charge in [0.2, 0.25) is 5.91 Å². The molecule has 2 aromatic carbocycles. The van der Waals surface area contributed by atoms with E-state index >= 15 is 0 Å². The van der Waals surface area contributed by atoms with E-state index in [1.54, 1.807) is 31.5 Å². The van der Waals surface area contributed by atoms with Crippen LogP contribution >= 0.6 is 23.1 Å². The van der Waals surface area contributed by atoms with Crippen molar-refractivity contribution in [3.05, 3.63) is 72.1 Å². The van der Waals surface area contributed by atoms with Crippen molar-refractivity contribution in [2.24, 2.45) is 0 Å². The average molecular weight is 466 g/mol. The summed E-state index contributed by atoms with van der Waals surface area (Å²) in [6, 6.07) is 15.4. The Morgan fingerprint density at radius 2 is 1.91 bits per heavy atom. The van der Waals surface area contributed by atoms with Gasteiger partial charge in [-0.05, 0) is 54.4 Å². The van der Waals surface area contributed by atoms with E-state index in [0.29, 0.717) is 23.2 Å². The highest BCUT2D eigenvalue weighted by molar-refractivity contribution is 8.00. The van der Waals surface area contributed by atoms with Gasteiger partial charge >= 0.3 is 0 Å². The molecule has 0 unspecified atom stereocenters. The van der Waals surface area contributed by atoms with E-state index in [1.807, 2.05) is 55.5 Å². The minimum Gasteiger partial charge on any atom is -0.497 e. The molecule has 4 aromatic rings. The summed E-state index contributed by atoms with van der Waals surface area (Å²) in [5, 5.41) is 0.650. The maximum atomic E-state index is 13.4. The van der Waals surface area contributed by atoms with Gasteiger partial charge in [-0.15, -0.1) is 11.8 Å². The number of hydrogen-bond acceptors (Lipinski definition) is 7. The Hall–Kier alpha value is -3.10. The van der Waals surface area contributed by atoms with Gasteiger partial charge < -0.3 is 9.47 Å². The minimum absolute atomic E-state index is 0.0228. The first-order valence-corrected chi connectivity index (χ1v) is 11.8. The molecular formula is C24H23N3O3S2. The van der Waals surface area contributed by atoms with Crippen LogP contribution in [0.1, 0.15) is 11.1 Å². The van der Waals surface area contributed by atoms with Gasteiger partial charge in [-0.2, -0.15) is 0 Å². The Morgan fingerprint density at radius 1 is 1.09 bits per heavy atom. The molecule has 32 heavy (non-hydrogen) atoms. The third-order valence-electron chi connectivity index (χ3n) is 4.93. The van der Waals surface area contributed by atoms with Gasteiger partial charge in [0, 0.05) is 17.3 Å². The van der Waals surface area contributed by atoms with E-state index in [-0.39, 0.29) is 5.91 Å². The smallest absolute Gasteiger partial charge is 0.239 e. The number of thioether (sulfide) groups is 1. The number of benzene rings is 2. The molecule has 2 aromatic heterocycles. The molecule has 0 fully saturated rings. The fraction of sp³-hybridized carbons (Fsp3) is 0.208. The summed E-state index contributed by atoms with van der Waals surface area (Å²) < 4.78 is 11.7. The number of nitrogens with zero attached hydrogens (tertiary/aromatic N) is 3. The Morgan fingerprint density at radius 3 is 2.59 bits per heavy atom. The molecule has 0 aliphatic heterocycles. The average Bonchev–Trinajstić information content (AvgIpc) is 3.28. The topological polar surface area (TPSA) is 64.5 Å². The summed E-state index contributed by atoms with van der Waals surface area (Å²) in [4.78, 5) is 25.1. The van der Waals surface area contributed by atoms with Crippen LogP contribution in [0.4, 0.5) is 5.13 Å². The molecule has 0 N–H and O–H groups in total. The van der Waals surface area contributed by atoms with Crippen molar-refractivity contribution in [1.82, 2.24) is 9.97 Å². The third-order valence-corrected chi connectivity index (χ3v) is 7.14. The van der Waals surface area contributed by atoms with Crippen LogP contribution < -0.4 is 14.4 Å². The van der Waals surface area contributed by atoms with Gasteiger partial charge in [0.15, 0.2) is 5.13 Å². The number of ether oxygens (including phenoxy) is 2. The molecule has 8 heteroatoms. The number of hydrogen-bond donors (Lipinski definition) is 0. The van der Waals surface area contributed by atoms with Crippen molar-refractivity contribution in [3.63, 3.8) is 0 Å². The van der Waals surface area contributed by atoms with Crippen LogP contribution in [-0.2, 0) is 11.3 Å². The normalized spacial score (nSPS) is 10.8. The van der Waals surface area contributed by atoms with E-state index in [2.05, 4.69) is 4.98 Å². The van der Waals surface area contributed by atoms with Crippen LogP contribution in [0.15, 0.2) is 65.8 Å². The summed E-state index contributed by atoms with van der Waals surface area (Å²) in [6.07, 6.45) is 3.50. The van der Waals surface area contributed by atoms with Crippen LogP contribution in [-0.4, -0.2) is 35.8 Å². The number of carbonyl (C=O) groups excluding carboxylic acids is 1. The summed E-state index contributed by atoms with van der Waals surface area (Å²) in [5.41, 5.74) is 2.82. The molecule has 0 bridgehead atoms. The number of thiazole rings is 1. The SMILES string of the molecule is COc1ccc(SCC(=O)N(Cc2cccnc2)c2nc3c(OC)ccc(C)c3s2)cc1. The summed E-state index contributed by atoms with van der Waals surface area (Å²) in [5.74, 6) is 1.76. The van der Waals surface area contributed by atoms with Crippen molar-refractivity contribution in [1.29, 1.82) is 0 Å². The number of pyridine rings is 1. The van der Waals surface area contributed by atoms with E-state index in [0.717, 1.165) is 32.0 Å². The molecule has 164 valence electrons. The molecule has 0 spiro atoms. The van der Waals surface area contributed by atoms with Crippen LogP contribution in [0.5, 0.6) is 11.5 Å². The second-order valence-electron chi connectivity index (χ2n) is 7.06. The molecule has 4 rings (SSSR count). The lowest BCUT2D eigenvalue weighted by molar-refractivity contribution is -0.116. The molecule has 2 heterocycles. The Balaban J connectivity index is 1.63. The number of amides is 1. The number of carbonyl (C=O) groups is 1. The quantitative estimate of drug-likeness (QED) is 0.327. The molecular weight excluding hydrogens is 442 g/mol. The number of aromatic nitrogens is 2. The van der Waals surface area contributed by atoms with Crippen LogP contribution in [0.25, 0.3) is 10.2 Å². The fourth-order valence-corrected chi connectivity index (χ4v) is 5.05. The molecule has 0 aliphatic rings. The van der Waals surface area contributed by atoms with Crippen LogP contribution in [0.3, 0.4) is 0 Å². The Bertz CT molecular complexity index is 1210. The summed E-state index contributed by atoms with van der Waals surface area (Å²) in [7, 11) is 3.27. The Kier molecular flexibility index (Phi) is 6.92. The summed E-state index contributed by atoms with van der Waals surface area (Å²) in [6.45, 7) is 2.44. The third kappa shape index (κ3) is 4.87. The lowest BCUT2D eigenvalue weighted by atomic mass is 10.2. The van der Waals surface area contributed by atoms with E-state index < -0.39 is 0 Å². The highest BCUT2D eigenvalue weighted by Crippen LogP contribution is 2.37. The predicted molar refractivity (Wildman–Crippen MR) is 130 cm³/mol. The molecule has 0 radical (unpaired) electrons. The van der Waals surface area contributed by atoms with Gasteiger partial charge in [-0.25, -0.2) is 4.98 Å². The minimum atomic E-state index is -0.0228. The number of anilines is 1. The van der Waals surface area contributed by atoms with Crippen molar-refractivity contribution >= 4 is 44.4 Å². The second-order valence-corrected chi connectivity index (χ2v) is 9.09. The van der Waals surface area contributed by atoms with E-state index in [1.165, 1.54) is 23.1 Å². The lowest BCUT2D eigenvalue weighted by Crippen LogP contribution is -2.31. The first-order valence-electron chi connectivity index (χ1n) is 9.99. The number of methoxy groups -OCH3 is 2. The predicted octanol–water partition coefficient (Wildman–Crippen LogP) is 5.34. The lowest BCUT2D eigenvalue weighted by Gasteiger charge is -2.19. The molecule has 0 atom stereocenters. The zero-order valence-corrected chi connectivity index (χ0v) is 19.7. The van der Waals surface area contributed by atoms with Crippen molar-refractivity contribution < 1.29 is 14.3 Å². The molecule has 0 aliphatic carbocycles. The van der Waals surface area contributed by atoms with Gasteiger partial charge in [0.05, 0.1) is 31.2 Å². The van der Waals surface area contributed by atoms with Crippen molar-refractivity contribution in [3.8, 4) is 11.5 Å². The number of fused-ring (bicyclic) bond motifs is 1. The first-order chi connectivity index (χ1) is 15.6. The fourth-order valence-electron chi connectivity index (χ4n) is 3.21. The first kappa shape index (κ1) is 22.1. The summed E-state index contributed by atoms with van der Waals surface area (Å²) >= 11 is 2.99. The second kappa shape index (κ2) is 10.0. The zero-order valence-electron chi connectivity index (χ0n) is 18.1. The van der Waals surface area contributed by atoms with Crippen LogP contribution in [0.2, 0.25) is 0 Å². The number of rotatable bonds is 8. The molecule has 6 nitrogen and oxygen atoms in total. The number of aryl methyl sites for hydroxylation is 1. The molecule has 0 saturated heterocycles. The highest BCUT2D eigenvalue weighted by atomic mass is 32.2. The Labute approximate surface area is 195 Å². The van der Waals surface area contributed by atoms with Gasteiger partial charge in [0.25, 0.3) is 0 Å². The van der Waals surface area contributed by atoms with Gasteiger partial charge in [-0.3, -0.25) is 14.7 Å². The van der Waals surface area contributed by atoms with E-state index in [9.17, 15) is 4.79 Å².